The Balaban J connectivity index is 2.90. The van der Waals surface area contributed by atoms with Gasteiger partial charge in [-0.3, -0.25) is 0 Å². The van der Waals surface area contributed by atoms with Crippen molar-refractivity contribution in [2.24, 2.45) is 0 Å². The Bertz CT molecular complexity index is 289. The molecule has 0 unspecified atom stereocenters. The highest BCUT2D eigenvalue weighted by atomic mass is 32.2. The molecule has 0 fully saturated rings. The van der Waals surface area contributed by atoms with E-state index in [9.17, 15) is 0 Å². The number of methoxy groups -OCH3 is 1. The van der Waals surface area contributed by atoms with Gasteiger partial charge in [0.1, 0.15) is 5.03 Å². The molecule has 2 N–H and O–H groups in total. The second-order valence-corrected chi connectivity index (χ2v) is 4.48. The summed E-state index contributed by atoms with van der Waals surface area (Å²) in [5.74, 6) is 0.609. The first-order chi connectivity index (χ1) is 6.13. The van der Waals surface area contributed by atoms with Crippen molar-refractivity contribution in [3.63, 3.8) is 0 Å². The van der Waals surface area contributed by atoms with Crippen LogP contribution in [0.1, 0.15) is 13.8 Å². The zero-order valence-electron chi connectivity index (χ0n) is 8.07. The molecule has 1 rings (SSSR count). The van der Waals surface area contributed by atoms with E-state index < -0.39 is 0 Å². The van der Waals surface area contributed by atoms with E-state index in [2.05, 4.69) is 18.8 Å². The van der Waals surface area contributed by atoms with Gasteiger partial charge in [-0.05, 0) is 6.07 Å². The van der Waals surface area contributed by atoms with Crippen LogP contribution in [0.4, 0.5) is 5.69 Å². The van der Waals surface area contributed by atoms with Crippen molar-refractivity contribution >= 4 is 17.4 Å². The molecule has 1 heterocycles. The summed E-state index contributed by atoms with van der Waals surface area (Å²) in [6.45, 7) is 4.20. The number of hydrogen-bond acceptors (Lipinski definition) is 4. The molecule has 1 aromatic rings. The Labute approximate surface area is 82.7 Å². The number of thioether (sulfide) groups is 1. The van der Waals surface area contributed by atoms with E-state index in [1.807, 2.05) is 6.07 Å². The molecule has 1 aromatic heterocycles. The summed E-state index contributed by atoms with van der Waals surface area (Å²) in [6.07, 6.45) is 0. The highest BCUT2D eigenvalue weighted by molar-refractivity contribution is 7.99. The topological polar surface area (TPSA) is 48.1 Å². The van der Waals surface area contributed by atoms with Gasteiger partial charge in [-0.1, -0.05) is 13.8 Å². The smallest absolute Gasteiger partial charge is 0.214 e. The third-order valence-corrected chi connectivity index (χ3v) is 2.44. The maximum Gasteiger partial charge on any atom is 0.214 e. The van der Waals surface area contributed by atoms with Gasteiger partial charge in [0.05, 0.1) is 12.8 Å². The normalized spacial score (nSPS) is 10.5. The van der Waals surface area contributed by atoms with Gasteiger partial charge in [0.15, 0.2) is 0 Å². The Morgan fingerprint density at radius 3 is 2.69 bits per heavy atom. The molecule has 0 bridgehead atoms. The van der Waals surface area contributed by atoms with Gasteiger partial charge in [-0.25, -0.2) is 4.98 Å². The summed E-state index contributed by atoms with van der Waals surface area (Å²) in [7, 11) is 1.60. The summed E-state index contributed by atoms with van der Waals surface area (Å²) in [4.78, 5) is 4.25. The molecule has 0 atom stereocenters. The lowest BCUT2D eigenvalue weighted by Gasteiger charge is -2.08. The van der Waals surface area contributed by atoms with Crippen LogP contribution in [0.5, 0.6) is 5.88 Å². The van der Waals surface area contributed by atoms with Crippen LogP contribution in [0.2, 0.25) is 0 Å². The van der Waals surface area contributed by atoms with Crippen LogP contribution in [0.15, 0.2) is 17.2 Å². The van der Waals surface area contributed by atoms with Crippen LogP contribution < -0.4 is 10.5 Å². The molecule has 0 aliphatic heterocycles. The van der Waals surface area contributed by atoms with E-state index in [0.717, 1.165) is 5.03 Å². The van der Waals surface area contributed by atoms with Crippen molar-refractivity contribution in [2.75, 3.05) is 12.8 Å². The van der Waals surface area contributed by atoms with Crippen LogP contribution in [-0.4, -0.2) is 17.3 Å². The number of anilines is 1. The van der Waals surface area contributed by atoms with E-state index in [0.29, 0.717) is 16.8 Å². The second-order valence-electron chi connectivity index (χ2n) is 2.91. The quantitative estimate of drug-likeness (QED) is 0.756. The predicted molar refractivity (Wildman–Crippen MR) is 56.2 cm³/mol. The molecule has 0 amide bonds. The summed E-state index contributed by atoms with van der Waals surface area (Å²) in [6, 6.07) is 3.58. The van der Waals surface area contributed by atoms with Crippen molar-refractivity contribution < 1.29 is 4.74 Å². The van der Waals surface area contributed by atoms with Crippen LogP contribution in [-0.2, 0) is 0 Å². The van der Waals surface area contributed by atoms with Crippen LogP contribution in [0.25, 0.3) is 0 Å². The maximum atomic E-state index is 5.75. The Morgan fingerprint density at radius 2 is 2.15 bits per heavy atom. The second kappa shape index (κ2) is 4.37. The van der Waals surface area contributed by atoms with Gasteiger partial charge >= 0.3 is 0 Å². The van der Waals surface area contributed by atoms with Gasteiger partial charge < -0.3 is 10.5 Å². The van der Waals surface area contributed by atoms with E-state index >= 15 is 0 Å². The Kier molecular flexibility index (Phi) is 3.42. The fraction of sp³-hybridized carbons (Fsp3) is 0.444. The predicted octanol–water partition coefficient (Wildman–Crippen LogP) is 2.17. The molecule has 0 spiro atoms. The lowest BCUT2D eigenvalue weighted by molar-refractivity contribution is 0.395. The summed E-state index contributed by atoms with van der Waals surface area (Å²) in [5, 5.41) is 1.32. The van der Waals surface area contributed by atoms with Crippen LogP contribution >= 0.6 is 11.8 Å². The molecule has 0 aromatic carbocycles. The van der Waals surface area contributed by atoms with Crippen molar-refractivity contribution in [1.29, 1.82) is 0 Å². The number of nitrogens with two attached hydrogens (primary N) is 1. The van der Waals surface area contributed by atoms with E-state index in [4.69, 9.17) is 10.5 Å². The Morgan fingerprint density at radius 1 is 1.46 bits per heavy atom. The number of rotatable bonds is 3. The Hall–Kier alpha value is -0.900. The van der Waals surface area contributed by atoms with Crippen LogP contribution in [0.3, 0.4) is 0 Å². The highest BCUT2D eigenvalue weighted by Crippen LogP contribution is 2.28. The molecule has 0 aliphatic rings. The lowest BCUT2D eigenvalue weighted by Crippen LogP contribution is -1.97. The van der Waals surface area contributed by atoms with Crippen LogP contribution in [0, 0.1) is 0 Å². The third kappa shape index (κ3) is 2.81. The standard InChI is InChI=1S/C9H14N2OS/c1-6(2)13-9-7(10)4-5-8(11-9)12-3/h4-6H,10H2,1-3H3. The molecule has 0 saturated heterocycles. The van der Waals surface area contributed by atoms with Crippen molar-refractivity contribution in [3.8, 4) is 5.88 Å². The minimum absolute atomic E-state index is 0.474. The fourth-order valence-electron chi connectivity index (χ4n) is 0.866. The van der Waals surface area contributed by atoms with Crippen molar-refractivity contribution in [3.05, 3.63) is 12.1 Å². The van der Waals surface area contributed by atoms with Gasteiger partial charge in [-0.2, -0.15) is 0 Å². The van der Waals surface area contributed by atoms with Crippen molar-refractivity contribution in [2.45, 2.75) is 24.1 Å². The molecule has 0 radical (unpaired) electrons. The number of nitrogen functional groups attached to an aromatic ring is 1. The molecule has 13 heavy (non-hydrogen) atoms. The fourth-order valence-corrected chi connectivity index (χ4v) is 1.66. The molecule has 72 valence electrons. The largest absolute Gasteiger partial charge is 0.481 e. The molecular weight excluding hydrogens is 184 g/mol. The maximum absolute atomic E-state index is 5.75. The van der Waals surface area contributed by atoms with E-state index in [-0.39, 0.29) is 0 Å². The number of hydrogen-bond donors (Lipinski definition) is 1. The molecule has 0 aliphatic carbocycles. The number of ether oxygens (including phenoxy) is 1. The molecule has 3 nitrogen and oxygen atoms in total. The number of aromatic nitrogens is 1. The zero-order valence-corrected chi connectivity index (χ0v) is 8.89. The summed E-state index contributed by atoms with van der Waals surface area (Å²) in [5.41, 5.74) is 6.46. The average molecular weight is 198 g/mol. The van der Waals surface area contributed by atoms with Gasteiger partial charge in [0, 0.05) is 11.3 Å². The summed E-state index contributed by atoms with van der Waals surface area (Å²) >= 11 is 1.64. The summed E-state index contributed by atoms with van der Waals surface area (Å²) < 4.78 is 5.01. The van der Waals surface area contributed by atoms with E-state index in [1.165, 1.54) is 0 Å². The highest BCUT2D eigenvalue weighted by Gasteiger charge is 2.05. The first kappa shape index (κ1) is 10.2. The minimum atomic E-state index is 0.474. The average Bonchev–Trinajstić information content (AvgIpc) is 2.08. The first-order valence-electron chi connectivity index (χ1n) is 4.10. The SMILES string of the molecule is COc1ccc(N)c(SC(C)C)n1. The lowest BCUT2D eigenvalue weighted by atomic mass is 10.4. The van der Waals surface area contributed by atoms with E-state index in [1.54, 1.807) is 24.9 Å². The number of nitrogens with zero attached hydrogens (tertiary/aromatic N) is 1. The molecular formula is C9H14N2OS. The first-order valence-corrected chi connectivity index (χ1v) is 4.98. The minimum Gasteiger partial charge on any atom is -0.481 e. The third-order valence-electron chi connectivity index (χ3n) is 1.42. The zero-order chi connectivity index (χ0) is 9.84. The molecule has 0 saturated carbocycles. The van der Waals surface area contributed by atoms with Gasteiger partial charge in [0.2, 0.25) is 5.88 Å². The van der Waals surface area contributed by atoms with Crippen molar-refractivity contribution in [1.82, 2.24) is 4.98 Å². The van der Waals surface area contributed by atoms with Gasteiger partial charge in [-0.15, -0.1) is 11.8 Å². The monoisotopic (exact) mass is 198 g/mol. The molecule has 4 heteroatoms. The number of pyridine rings is 1. The van der Waals surface area contributed by atoms with Gasteiger partial charge in [0.25, 0.3) is 0 Å².